The largest absolute Gasteiger partial charge is 0.310 e. The summed E-state index contributed by atoms with van der Waals surface area (Å²) in [6, 6.07) is 68.5. The Balaban J connectivity index is 0.885. The summed E-state index contributed by atoms with van der Waals surface area (Å²) in [4.78, 5) is 2.46. The zero-order valence-electron chi connectivity index (χ0n) is 34.7. The Morgan fingerprint density at radius 3 is 1.57 bits per heavy atom. The molecule has 0 unspecified atom stereocenters. The minimum absolute atomic E-state index is 0.0992. The Bertz CT molecular complexity index is 2880. The van der Waals surface area contributed by atoms with Gasteiger partial charge in [0.25, 0.3) is 0 Å². The summed E-state index contributed by atoms with van der Waals surface area (Å²) in [5, 5.41) is 2.50. The average molecular weight is 774 g/mol. The third kappa shape index (κ3) is 5.81. The van der Waals surface area contributed by atoms with Crippen molar-refractivity contribution in [1.29, 1.82) is 0 Å². The van der Waals surface area contributed by atoms with E-state index in [1.807, 2.05) is 0 Å². The monoisotopic (exact) mass is 773 g/mol. The van der Waals surface area contributed by atoms with Gasteiger partial charge in [0.05, 0.1) is 5.69 Å². The highest BCUT2D eigenvalue weighted by molar-refractivity contribution is 5.94. The quantitative estimate of drug-likeness (QED) is 0.156. The fraction of sp³-hybridized carbons (Fsp3) is 0.220. The summed E-state index contributed by atoms with van der Waals surface area (Å²) in [5.41, 5.74) is 18.3. The van der Waals surface area contributed by atoms with E-state index < -0.39 is 0 Å². The highest BCUT2D eigenvalue weighted by Gasteiger charge is 2.51. The molecule has 1 nitrogen and oxygen atoms in total. The van der Waals surface area contributed by atoms with Gasteiger partial charge in [-0.3, -0.25) is 0 Å². The standard InChI is InChI=1S/C59H51N/c1-58(2)55-13-7-5-12-53(55)54-30-29-51(35-56(54)58)60(57-14-8-6-11-52(57)48-20-19-42-9-3-4-10-47(42)34-48)50-27-23-46(24-28-50)44-17-15-43(16-18-44)45-21-25-49(26-22-45)59-36-39-31-40(37-59)33-41(32-39)38-59/h3-30,34-35,39-41H,31-33,36-38H2,1-2H3. The molecule has 0 radical (unpaired) electrons. The van der Waals surface area contributed by atoms with Crippen LogP contribution in [0.15, 0.2) is 182 Å². The van der Waals surface area contributed by atoms with Crippen LogP contribution in [-0.4, -0.2) is 0 Å². The van der Waals surface area contributed by atoms with Crippen LogP contribution in [0, 0.1) is 17.8 Å². The Kier molecular flexibility index (Phi) is 8.15. The van der Waals surface area contributed by atoms with Gasteiger partial charge < -0.3 is 4.90 Å². The summed E-state index contributed by atoms with van der Waals surface area (Å²) < 4.78 is 0. The molecule has 4 fully saturated rings. The Labute approximate surface area is 355 Å². The molecule has 5 aliphatic rings. The van der Waals surface area contributed by atoms with E-state index in [9.17, 15) is 0 Å². The number of nitrogens with zero attached hydrogens (tertiary/aromatic N) is 1. The Hall–Kier alpha value is -6.18. The second-order valence-electron chi connectivity index (χ2n) is 19.2. The van der Waals surface area contributed by atoms with Gasteiger partial charge in [0.2, 0.25) is 0 Å². The molecule has 0 spiro atoms. The maximum absolute atomic E-state index is 2.47. The van der Waals surface area contributed by atoms with E-state index in [1.165, 1.54) is 105 Å². The molecule has 8 aromatic carbocycles. The summed E-state index contributed by atoms with van der Waals surface area (Å²) in [6.45, 7) is 4.74. The zero-order valence-corrected chi connectivity index (χ0v) is 34.7. The molecule has 0 atom stereocenters. The Morgan fingerprint density at radius 1 is 0.400 bits per heavy atom. The van der Waals surface area contributed by atoms with Crippen molar-refractivity contribution in [3.63, 3.8) is 0 Å². The number of anilines is 3. The molecule has 8 aromatic rings. The van der Waals surface area contributed by atoms with E-state index in [-0.39, 0.29) is 5.41 Å². The SMILES string of the molecule is CC1(C)c2ccccc2-c2ccc(N(c3ccc(-c4ccc(-c5ccc(C67CC8CC(CC(C8)C6)C7)cc5)cc4)cc3)c3ccccc3-c3ccc4ccccc4c3)cc21. The molecule has 4 bridgehead atoms. The predicted octanol–water partition coefficient (Wildman–Crippen LogP) is 16.1. The lowest BCUT2D eigenvalue weighted by atomic mass is 9.48. The highest BCUT2D eigenvalue weighted by Crippen LogP contribution is 2.61. The Morgan fingerprint density at radius 2 is 0.900 bits per heavy atom. The van der Waals surface area contributed by atoms with Gasteiger partial charge in [0.1, 0.15) is 0 Å². The maximum atomic E-state index is 2.47. The predicted molar refractivity (Wildman–Crippen MR) is 252 cm³/mol. The van der Waals surface area contributed by atoms with Crippen molar-refractivity contribution >= 4 is 27.8 Å². The van der Waals surface area contributed by atoms with Crippen LogP contribution in [0.2, 0.25) is 0 Å². The molecule has 292 valence electrons. The third-order valence-corrected chi connectivity index (χ3v) is 15.2. The average Bonchev–Trinajstić information content (AvgIpc) is 3.51. The number of rotatable bonds is 7. The van der Waals surface area contributed by atoms with Crippen molar-refractivity contribution in [1.82, 2.24) is 0 Å². The fourth-order valence-corrected chi connectivity index (χ4v) is 12.7. The molecule has 0 aliphatic heterocycles. The van der Waals surface area contributed by atoms with Crippen LogP contribution in [0.1, 0.15) is 69.1 Å². The van der Waals surface area contributed by atoms with Gasteiger partial charge in [0.15, 0.2) is 0 Å². The van der Waals surface area contributed by atoms with Crippen molar-refractivity contribution in [2.75, 3.05) is 4.90 Å². The van der Waals surface area contributed by atoms with Crippen LogP contribution < -0.4 is 4.90 Å². The van der Waals surface area contributed by atoms with Crippen LogP contribution in [0.5, 0.6) is 0 Å². The van der Waals surface area contributed by atoms with Crippen LogP contribution in [0.25, 0.3) is 55.3 Å². The van der Waals surface area contributed by atoms with Crippen molar-refractivity contribution in [3.05, 3.63) is 199 Å². The van der Waals surface area contributed by atoms with Gasteiger partial charge in [-0.25, -0.2) is 0 Å². The first-order valence-electron chi connectivity index (χ1n) is 22.3. The van der Waals surface area contributed by atoms with E-state index in [0.29, 0.717) is 5.41 Å². The van der Waals surface area contributed by atoms with Crippen LogP contribution in [0.4, 0.5) is 17.1 Å². The fourth-order valence-electron chi connectivity index (χ4n) is 12.7. The van der Waals surface area contributed by atoms with E-state index in [1.54, 1.807) is 5.56 Å². The van der Waals surface area contributed by atoms with Gasteiger partial charge >= 0.3 is 0 Å². The maximum Gasteiger partial charge on any atom is 0.0540 e. The normalized spacial score (nSPS) is 21.8. The molecule has 0 N–H and O–H groups in total. The summed E-state index contributed by atoms with van der Waals surface area (Å²) in [6.07, 6.45) is 8.73. The molecule has 0 heterocycles. The van der Waals surface area contributed by atoms with Crippen molar-refractivity contribution < 1.29 is 0 Å². The molecular formula is C59H51N. The lowest BCUT2D eigenvalue weighted by Gasteiger charge is -2.57. The molecular weight excluding hydrogens is 723 g/mol. The minimum atomic E-state index is -0.0992. The summed E-state index contributed by atoms with van der Waals surface area (Å²) in [7, 11) is 0. The number of hydrogen-bond donors (Lipinski definition) is 0. The van der Waals surface area contributed by atoms with E-state index in [4.69, 9.17) is 0 Å². The van der Waals surface area contributed by atoms with Crippen molar-refractivity contribution in [2.24, 2.45) is 17.8 Å². The van der Waals surface area contributed by atoms with Crippen LogP contribution in [0.3, 0.4) is 0 Å². The summed E-state index contributed by atoms with van der Waals surface area (Å²) >= 11 is 0. The second-order valence-corrected chi connectivity index (χ2v) is 19.2. The van der Waals surface area contributed by atoms with E-state index >= 15 is 0 Å². The molecule has 60 heavy (non-hydrogen) atoms. The number of para-hydroxylation sites is 1. The lowest BCUT2D eigenvalue weighted by Crippen LogP contribution is -2.48. The molecule has 4 saturated carbocycles. The first-order chi connectivity index (χ1) is 29.4. The molecule has 13 rings (SSSR count). The number of benzene rings is 8. The zero-order chi connectivity index (χ0) is 40.0. The van der Waals surface area contributed by atoms with E-state index in [2.05, 4.69) is 201 Å². The molecule has 0 aromatic heterocycles. The van der Waals surface area contributed by atoms with Crippen molar-refractivity contribution in [2.45, 2.75) is 63.2 Å². The smallest absolute Gasteiger partial charge is 0.0540 e. The van der Waals surface area contributed by atoms with Gasteiger partial charge in [-0.2, -0.15) is 0 Å². The highest BCUT2D eigenvalue weighted by atomic mass is 15.1. The molecule has 0 saturated heterocycles. The van der Waals surface area contributed by atoms with Crippen LogP contribution >= 0.6 is 0 Å². The van der Waals surface area contributed by atoms with Gasteiger partial charge in [0, 0.05) is 22.4 Å². The number of hydrogen-bond acceptors (Lipinski definition) is 1. The topological polar surface area (TPSA) is 3.24 Å². The molecule has 5 aliphatic carbocycles. The third-order valence-electron chi connectivity index (χ3n) is 15.2. The van der Waals surface area contributed by atoms with Gasteiger partial charge in [-0.05, 0) is 164 Å². The summed E-state index contributed by atoms with van der Waals surface area (Å²) in [5.74, 6) is 2.91. The first kappa shape index (κ1) is 35.7. The van der Waals surface area contributed by atoms with E-state index in [0.717, 1.165) is 34.8 Å². The van der Waals surface area contributed by atoms with Gasteiger partial charge in [-0.1, -0.05) is 159 Å². The van der Waals surface area contributed by atoms with Gasteiger partial charge in [-0.15, -0.1) is 0 Å². The first-order valence-corrected chi connectivity index (χ1v) is 22.3. The van der Waals surface area contributed by atoms with Crippen LogP contribution in [-0.2, 0) is 10.8 Å². The minimum Gasteiger partial charge on any atom is -0.310 e. The second kappa shape index (κ2) is 13.7. The lowest BCUT2D eigenvalue weighted by molar-refractivity contribution is -0.00518. The van der Waals surface area contributed by atoms with Crippen molar-refractivity contribution in [3.8, 4) is 44.5 Å². The molecule has 0 amide bonds. The molecule has 1 heteroatoms. The number of fused-ring (bicyclic) bond motifs is 4.